The van der Waals surface area contributed by atoms with Crippen molar-refractivity contribution in [2.45, 2.75) is 38.5 Å². The highest BCUT2D eigenvalue weighted by molar-refractivity contribution is 5.89. The van der Waals surface area contributed by atoms with Gasteiger partial charge in [0.15, 0.2) is 5.82 Å². The van der Waals surface area contributed by atoms with Gasteiger partial charge in [-0.05, 0) is 75.2 Å². The zero-order chi connectivity index (χ0) is 20.0. The fourth-order valence-electron chi connectivity index (χ4n) is 4.61. The quantitative estimate of drug-likeness (QED) is 0.772. The van der Waals surface area contributed by atoms with Crippen LogP contribution in [0.15, 0.2) is 17.1 Å². The van der Waals surface area contributed by atoms with E-state index in [0.29, 0.717) is 17.1 Å². The van der Waals surface area contributed by atoms with Gasteiger partial charge in [-0.2, -0.15) is 0 Å². The third-order valence-electron chi connectivity index (χ3n) is 6.02. The van der Waals surface area contributed by atoms with Crippen LogP contribution >= 0.6 is 12.4 Å². The van der Waals surface area contributed by atoms with Gasteiger partial charge in [-0.1, -0.05) is 0 Å². The lowest BCUT2D eigenvalue weighted by Crippen LogP contribution is -2.40. The summed E-state index contributed by atoms with van der Waals surface area (Å²) in [5.41, 5.74) is 1.82. The molecule has 0 aromatic carbocycles. The van der Waals surface area contributed by atoms with Gasteiger partial charge < -0.3 is 15.3 Å². The van der Waals surface area contributed by atoms with Crippen LogP contribution < -0.4 is 15.8 Å². The smallest absolute Gasteiger partial charge is 0.341 e. The lowest BCUT2D eigenvalue weighted by atomic mass is 9.96. The number of pyridine rings is 2. The van der Waals surface area contributed by atoms with E-state index in [1.165, 1.54) is 16.7 Å². The first-order valence-electron chi connectivity index (χ1n) is 9.93. The number of carboxylic acid groups (broad SMARTS) is 1. The van der Waals surface area contributed by atoms with Gasteiger partial charge in [-0.3, -0.25) is 9.20 Å². The van der Waals surface area contributed by atoms with Crippen molar-refractivity contribution in [1.82, 2.24) is 9.72 Å². The zero-order valence-corrected chi connectivity index (χ0v) is 17.5. The summed E-state index contributed by atoms with van der Waals surface area (Å²) in [6.45, 7) is 4.29. The molecule has 1 saturated heterocycles. The molecule has 1 unspecified atom stereocenters. The first-order valence-corrected chi connectivity index (χ1v) is 9.93. The average molecular weight is 424 g/mol. The van der Waals surface area contributed by atoms with Crippen molar-refractivity contribution in [3.63, 3.8) is 0 Å². The standard InChI is InChI=1S/C21H26FN3O3.ClH/c1-12-18-15(14-5-6-14)8-16(21(27)28)20(26)25(18)11-17(22)19(12)24-7-3-4-13(10-24)9-23-2;/h8,11,13-14,23H,3-7,9-10H2,1-2H3,(H,27,28);1H. The fraction of sp³-hybridized carbons (Fsp3) is 0.524. The highest BCUT2D eigenvalue weighted by atomic mass is 35.5. The molecule has 1 atom stereocenters. The summed E-state index contributed by atoms with van der Waals surface area (Å²) in [5, 5.41) is 12.6. The summed E-state index contributed by atoms with van der Waals surface area (Å²) < 4.78 is 16.4. The first-order chi connectivity index (χ1) is 13.4. The number of piperidine rings is 1. The summed E-state index contributed by atoms with van der Waals surface area (Å²) in [7, 11) is 1.93. The van der Waals surface area contributed by atoms with Crippen LogP contribution in [0.1, 0.15) is 53.1 Å². The van der Waals surface area contributed by atoms with E-state index in [4.69, 9.17) is 0 Å². The van der Waals surface area contributed by atoms with Gasteiger partial charge in [-0.15, -0.1) is 12.4 Å². The van der Waals surface area contributed by atoms with E-state index in [9.17, 15) is 14.7 Å². The van der Waals surface area contributed by atoms with Crippen molar-refractivity contribution in [2.75, 3.05) is 31.6 Å². The van der Waals surface area contributed by atoms with E-state index < -0.39 is 17.3 Å². The number of aromatic carboxylic acids is 1. The van der Waals surface area contributed by atoms with E-state index in [1.54, 1.807) is 0 Å². The topological polar surface area (TPSA) is 74.0 Å². The Labute approximate surface area is 175 Å². The molecule has 2 N–H and O–H groups in total. The van der Waals surface area contributed by atoms with Crippen molar-refractivity contribution in [3.05, 3.63) is 45.1 Å². The molecule has 2 aromatic heterocycles. The summed E-state index contributed by atoms with van der Waals surface area (Å²) in [6.07, 6.45) is 5.22. The number of fused-ring (bicyclic) bond motifs is 1. The maximum atomic E-state index is 15.2. The number of nitrogens with zero attached hydrogens (tertiary/aromatic N) is 2. The monoisotopic (exact) mass is 423 g/mol. The number of hydrogen-bond donors (Lipinski definition) is 2. The fourth-order valence-corrected chi connectivity index (χ4v) is 4.61. The summed E-state index contributed by atoms with van der Waals surface area (Å²) in [5.74, 6) is -1.05. The van der Waals surface area contributed by atoms with Crippen LogP contribution in [0.4, 0.5) is 10.1 Å². The van der Waals surface area contributed by atoms with Crippen molar-refractivity contribution in [1.29, 1.82) is 0 Å². The van der Waals surface area contributed by atoms with Gasteiger partial charge in [0.25, 0.3) is 5.56 Å². The van der Waals surface area contributed by atoms with Gasteiger partial charge >= 0.3 is 5.97 Å². The van der Waals surface area contributed by atoms with Crippen molar-refractivity contribution >= 4 is 29.6 Å². The molecule has 0 radical (unpaired) electrons. The molecule has 158 valence electrons. The Hall–Kier alpha value is -2.12. The van der Waals surface area contributed by atoms with E-state index in [2.05, 4.69) is 10.2 Å². The molecule has 6 nitrogen and oxygen atoms in total. The second-order valence-electron chi connectivity index (χ2n) is 8.08. The molecule has 29 heavy (non-hydrogen) atoms. The molecular weight excluding hydrogens is 397 g/mol. The second-order valence-corrected chi connectivity index (χ2v) is 8.08. The Kier molecular flexibility index (Phi) is 6.19. The molecule has 0 bridgehead atoms. The normalized spacial score (nSPS) is 19.3. The number of nitrogens with one attached hydrogen (secondary N) is 1. The van der Waals surface area contributed by atoms with Crippen LogP contribution in [0.3, 0.4) is 0 Å². The molecule has 3 heterocycles. The maximum absolute atomic E-state index is 15.2. The minimum absolute atomic E-state index is 0. The summed E-state index contributed by atoms with van der Waals surface area (Å²) in [6, 6.07) is 1.51. The average Bonchev–Trinajstić information content (AvgIpc) is 3.48. The molecule has 1 saturated carbocycles. The predicted octanol–water partition coefficient (Wildman–Crippen LogP) is 3.18. The highest BCUT2D eigenvalue weighted by Crippen LogP contribution is 2.44. The molecule has 0 spiro atoms. The number of aromatic nitrogens is 1. The van der Waals surface area contributed by atoms with Crippen LogP contribution in [0.5, 0.6) is 0 Å². The van der Waals surface area contributed by atoms with Crippen LogP contribution in [-0.2, 0) is 0 Å². The number of aryl methyl sites for hydroxylation is 1. The lowest BCUT2D eigenvalue weighted by molar-refractivity contribution is 0.0694. The maximum Gasteiger partial charge on any atom is 0.341 e. The van der Waals surface area contributed by atoms with E-state index in [0.717, 1.165) is 56.4 Å². The summed E-state index contributed by atoms with van der Waals surface area (Å²) in [4.78, 5) is 26.3. The molecule has 2 aliphatic rings. The van der Waals surface area contributed by atoms with Crippen LogP contribution in [0, 0.1) is 18.7 Å². The zero-order valence-electron chi connectivity index (χ0n) is 16.7. The Morgan fingerprint density at radius 1 is 1.34 bits per heavy atom. The molecule has 2 fully saturated rings. The summed E-state index contributed by atoms with van der Waals surface area (Å²) >= 11 is 0. The van der Waals surface area contributed by atoms with Gasteiger partial charge in [0.2, 0.25) is 0 Å². The Bertz CT molecular complexity index is 1000. The van der Waals surface area contributed by atoms with Crippen molar-refractivity contribution in [2.24, 2.45) is 5.92 Å². The first kappa shape index (κ1) is 21.6. The van der Waals surface area contributed by atoms with Crippen LogP contribution in [0.25, 0.3) is 5.52 Å². The Morgan fingerprint density at radius 2 is 2.07 bits per heavy atom. The molecule has 0 amide bonds. The minimum atomic E-state index is -1.27. The number of carboxylic acids is 1. The molecule has 4 rings (SSSR count). The molecule has 1 aliphatic carbocycles. The third-order valence-corrected chi connectivity index (χ3v) is 6.02. The number of rotatable bonds is 5. The van der Waals surface area contributed by atoms with Gasteiger partial charge in [0.05, 0.1) is 17.4 Å². The molecule has 8 heteroatoms. The SMILES string of the molecule is CNCC1CCCN(c2c(F)cn3c(=O)c(C(=O)O)cc(C4CC4)c3c2C)C1.Cl. The molecule has 1 aliphatic heterocycles. The number of anilines is 1. The van der Waals surface area contributed by atoms with Gasteiger partial charge in [-0.25, -0.2) is 9.18 Å². The molecular formula is C21H27ClFN3O3. The number of halogens is 2. The highest BCUT2D eigenvalue weighted by Gasteiger charge is 2.31. The largest absolute Gasteiger partial charge is 0.477 e. The van der Waals surface area contributed by atoms with E-state index >= 15 is 4.39 Å². The van der Waals surface area contributed by atoms with E-state index in [-0.39, 0.29) is 23.9 Å². The van der Waals surface area contributed by atoms with Crippen molar-refractivity contribution < 1.29 is 14.3 Å². The number of hydrogen-bond acceptors (Lipinski definition) is 4. The number of carbonyl (C=O) groups is 1. The van der Waals surface area contributed by atoms with Gasteiger partial charge in [0, 0.05) is 13.1 Å². The lowest BCUT2D eigenvalue weighted by Gasteiger charge is -2.36. The molecule has 2 aromatic rings. The predicted molar refractivity (Wildman–Crippen MR) is 113 cm³/mol. The van der Waals surface area contributed by atoms with Crippen LogP contribution in [0.2, 0.25) is 0 Å². The second kappa shape index (κ2) is 8.32. The third kappa shape index (κ3) is 3.85. The van der Waals surface area contributed by atoms with Crippen LogP contribution in [-0.4, -0.2) is 42.2 Å². The Morgan fingerprint density at radius 3 is 2.69 bits per heavy atom. The van der Waals surface area contributed by atoms with E-state index in [1.807, 2.05) is 14.0 Å². The minimum Gasteiger partial charge on any atom is -0.477 e. The van der Waals surface area contributed by atoms with Gasteiger partial charge in [0.1, 0.15) is 5.56 Å². The van der Waals surface area contributed by atoms with Crippen molar-refractivity contribution in [3.8, 4) is 0 Å². The Balaban J connectivity index is 0.00000240.